The average molecular weight is 357 g/mol. The largest absolute Gasteiger partial charge is 0.372 e. The highest BCUT2D eigenvalue weighted by Gasteiger charge is 2.33. The van der Waals surface area contributed by atoms with E-state index in [4.69, 9.17) is 0 Å². The van der Waals surface area contributed by atoms with Gasteiger partial charge < -0.3 is 15.5 Å². The van der Waals surface area contributed by atoms with Crippen molar-refractivity contribution in [3.05, 3.63) is 66.0 Å². The molecule has 0 saturated carbocycles. The van der Waals surface area contributed by atoms with Gasteiger partial charge in [-0.05, 0) is 36.1 Å². The van der Waals surface area contributed by atoms with Gasteiger partial charge in [0.2, 0.25) is 0 Å². The molecule has 3 heterocycles. The Kier molecular flexibility index (Phi) is 3.93. The Balaban J connectivity index is 1.64. The van der Waals surface area contributed by atoms with Gasteiger partial charge in [0.25, 0.3) is 0 Å². The first-order chi connectivity index (χ1) is 13.3. The number of rotatable bonds is 4. The molecule has 0 radical (unpaired) electrons. The summed E-state index contributed by atoms with van der Waals surface area (Å²) >= 11 is 0. The van der Waals surface area contributed by atoms with Crippen LogP contribution < -0.4 is 15.5 Å². The lowest BCUT2D eigenvalue weighted by molar-refractivity contribution is 0.680. The monoisotopic (exact) mass is 357 g/mol. The van der Waals surface area contributed by atoms with Crippen molar-refractivity contribution in [2.45, 2.75) is 32.2 Å². The second-order valence-electron chi connectivity index (χ2n) is 7.15. The Bertz CT molecular complexity index is 970. The van der Waals surface area contributed by atoms with Crippen LogP contribution in [-0.4, -0.2) is 16.5 Å². The van der Waals surface area contributed by atoms with Crippen LogP contribution in [0.25, 0.3) is 0 Å². The van der Waals surface area contributed by atoms with Crippen LogP contribution in [-0.2, 0) is 6.42 Å². The van der Waals surface area contributed by atoms with E-state index in [1.807, 2.05) is 18.2 Å². The number of hydrogen-bond acceptors (Lipinski definition) is 5. The van der Waals surface area contributed by atoms with Gasteiger partial charge in [0, 0.05) is 12.2 Å². The lowest BCUT2D eigenvalue weighted by Crippen LogP contribution is -2.16. The SMILES string of the molecule is CCCC1Nc2c(Nc3ccccc3)ncnc2N2CCc3cccc1c32. The Morgan fingerprint density at radius 2 is 2.00 bits per heavy atom. The minimum absolute atomic E-state index is 0.258. The molecule has 0 saturated heterocycles. The molecule has 1 unspecified atom stereocenters. The van der Waals surface area contributed by atoms with Gasteiger partial charge in [0.1, 0.15) is 12.0 Å². The number of nitrogens with zero attached hydrogens (tertiary/aromatic N) is 3. The summed E-state index contributed by atoms with van der Waals surface area (Å²) in [5.41, 5.74) is 6.14. The van der Waals surface area contributed by atoms with E-state index < -0.39 is 0 Å². The van der Waals surface area contributed by atoms with E-state index in [1.54, 1.807) is 6.33 Å². The van der Waals surface area contributed by atoms with E-state index in [-0.39, 0.29) is 6.04 Å². The van der Waals surface area contributed by atoms with Gasteiger partial charge in [-0.1, -0.05) is 49.7 Å². The van der Waals surface area contributed by atoms with Crippen LogP contribution >= 0.6 is 0 Å². The topological polar surface area (TPSA) is 53.1 Å². The predicted octanol–water partition coefficient (Wildman–Crippen LogP) is 5.18. The zero-order valence-electron chi connectivity index (χ0n) is 15.4. The Morgan fingerprint density at radius 3 is 2.85 bits per heavy atom. The van der Waals surface area contributed by atoms with Crippen molar-refractivity contribution in [1.29, 1.82) is 0 Å². The third-order valence-electron chi connectivity index (χ3n) is 5.42. The highest BCUT2D eigenvalue weighted by atomic mass is 15.3. The number of para-hydroxylation sites is 2. The molecule has 27 heavy (non-hydrogen) atoms. The maximum atomic E-state index is 4.67. The molecule has 0 aliphatic carbocycles. The quantitative estimate of drug-likeness (QED) is 0.674. The molecule has 2 aromatic carbocycles. The van der Waals surface area contributed by atoms with E-state index in [2.05, 4.69) is 62.8 Å². The van der Waals surface area contributed by atoms with Crippen molar-refractivity contribution >= 4 is 28.7 Å². The summed E-state index contributed by atoms with van der Waals surface area (Å²) in [4.78, 5) is 11.6. The van der Waals surface area contributed by atoms with Gasteiger partial charge in [-0.2, -0.15) is 0 Å². The van der Waals surface area contributed by atoms with Crippen molar-refractivity contribution < 1.29 is 0 Å². The maximum absolute atomic E-state index is 4.67. The third kappa shape index (κ3) is 2.70. The van der Waals surface area contributed by atoms with E-state index >= 15 is 0 Å². The fourth-order valence-corrected chi connectivity index (χ4v) is 4.21. The molecule has 5 rings (SSSR count). The molecule has 5 heteroatoms. The zero-order chi connectivity index (χ0) is 18.2. The van der Waals surface area contributed by atoms with Gasteiger partial charge in [-0.15, -0.1) is 0 Å². The molecule has 2 aliphatic rings. The van der Waals surface area contributed by atoms with Gasteiger partial charge >= 0.3 is 0 Å². The number of fused-ring (bicyclic) bond motifs is 2. The second-order valence-corrected chi connectivity index (χ2v) is 7.15. The highest BCUT2D eigenvalue weighted by Crippen LogP contribution is 2.48. The maximum Gasteiger partial charge on any atom is 0.162 e. The number of anilines is 5. The molecule has 2 N–H and O–H groups in total. The van der Waals surface area contributed by atoms with Crippen molar-refractivity contribution in [2.75, 3.05) is 22.1 Å². The Hall–Kier alpha value is -3.08. The van der Waals surface area contributed by atoms with Crippen LogP contribution in [0.1, 0.15) is 36.9 Å². The summed E-state index contributed by atoms with van der Waals surface area (Å²) < 4.78 is 0. The number of aromatic nitrogens is 2. The van der Waals surface area contributed by atoms with Crippen molar-refractivity contribution in [3.8, 4) is 0 Å². The summed E-state index contributed by atoms with van der Waals surface area (Å²) in [6.45, 7) is 3.20. The zero-order valence-corrected chi connectivity index (χ0v) is 15.4. The van der Waals surface area contributed by atoms with Crippen LogP contribution in [0, 0.1) is 0 Å². The molecular weight excluding hydrogens is 334 g/mol. The smallest absolute Gasteiger partial charge is 0.162 e. The van der Waals surface area contributed by atoms with E-state index in [0.717, 1.165) is 48.8 Å². The van der Waals surface area contributed by atoms with Crippen molar-refractivity contribution in [3.63, 3.8) is 0 Å². The van der Waals surface area contributed by atoms with Crippen molar-refractivity contribution in [1.82, 2.24) is 9.97 Å². The molecule has 136 valence electrons. The molecule has 0 spiro atoms. The van der Waals surface area contributed by atoms with Gasteiger partial charge in [0.15, 0.2) is 11.6 Å². The molecule has 0 amide bonds. The summed E-state index contributed by atoms with van der Waals surface area (Å²) in [6, 6.07) is 17.1. The summed E-state index contributed by atoms with van der Waals surface area (Å²) in [7, 11) is 0. The van der Waals surface area contributed by atoms with Gasteiger partial charge in [-0.3, -0.25) is 0 Å². The number of benzene rings is 2. The minimum Gasteiger partial charge on any atom is -0.372 e. The Morgan fingerprint density at radius 1 is 1.11 bits per heavy atom. The molecule has 5 nitrogen and oxygen atoms in total. The lowest BCUT2D eigenvalue weighted by Gasteiger charge is -2.21. The van der Waals surface area contributed by atoms with Crippen LogP contribution in [0.4, 0.5) is 28.7 Å². The van der Waals surface area contributed by atoms with Gasteiger partial charge in [-0.25, -0.2) is 9.97 Å². The highest BCUT2D eigenvalue weighted by molar-refractivity contribution is 5.88. The van der Waals surface area contributed by atoms with Crippen LogP contribution in [0.2, 0.25) is 0 Å². The first-order valence-corrected chi connectivity index (χ1v) is 9.68. The summed E-state index contributed by atoms with van der Waals surface area (Å²) in [5.74, 6) is 1.79. The fourth-order valence-electron chi connectivity index (χ4n) is 4.21. The standard InChI is InChI=1S/C22H23N5/c1-2-7-18-17-11-6-8-15-12-13-27(20(15)17)22-19(26-18)21(23-14-24-22)25-16-9-4-3-5-10-16/h3-6,8-11,14,18,26H,2,7,12-13H2,1H3,(H,23,24,25). The first kappa shape index (κ1) is 16.1. The molecule has 1 atom stereocenters. The molecule has 1 aromatic heterocycles. The molecule has 3 aromatic rings. The van der Waals surface area contributed by atoms with E-state index in [1.165, 1.54) is 16.8 Å². The minimum atomic E-state index is 0.258. The fraction of sp³-hybridized carbons (Fsp3) is 0.273. The normalized spacial score (nSPS) is 16.9. The van der Waals surface area contributed by atoms with E-state index in [0.29, 0.717) is 0 Å². The molecular formula is C22H23N5. The van der Waals surface area contributed by atoms with Gasteiger partial charge in [0.05, 0.1) is 11.7 Å². The third-order valence-corrected chi connectivity index (χ3v) is 5.42. The second kappa shape index (κ2) is 6.58. The predicted molar refractivity (Wildman–Crippen MR) is 110 cm³/mol. The average Bonchev–Trinajstić information content (AvgIpc) is 3.08. The number of hydrogen-bond donors (Lipinski definition) is 2. The number of nitrogens with one attached hydrogen (secondary N) is 2. The lowest BCUT2D eigenvalue weighted by atomic mass is 9.98. The summed E-state index contributed by atoms with van der Waals surface area (Å²) in [6.07, 6.45) is 4.91. The molecule has 0 fully saturated rings. The summed E-state index contributed by atoms with van der Waals surface area (Å²) in [5, 5.41) is 7.24. The van der Waals surface area contributed by atoms with Crippen LogP contribution in [0.3, 0.4) is 0 Å². The first-order valence-electron chi connectivity index (χ1n) is 9.68. The van der Waals surface area contributed by atoms with Crippen LogP contribution in [0.15, 0.2) is 54.9 Å². The van der Waals surface area contributed by atoms with E-state index in [9.17, 15) is 0 Å². The van der Waals surface area contributed by atoms with Crippen LogP contribution in [0.5, 0.6) is 0 Å². The molecule has 2 aliphatic heterocycles. The Labute approximate surface area is 159 Å². The molecule has 0 bridgehead atoms. The van der Waals surface area contributed by atoms with Crippen molar-refractivity contribution in [2.24, 2.45) is 0 Å².